The van der Waals surface area contributed by atoms with Crippen LogP contribution in [0.25, 0.3) is 6.08 Å². The normalized spacial score (nSPS) is 17.4. The van der Waals surface area contributed by atoms with Gasteiger partial charge in [-0.3, -0.25) is 9.69 Å². The Labute approximate surface area is 149 Å². The summed E-state index contributed by atoms with van der Waals surface area (Å²) >= 11 is 1.26. The molecule has 0 atom stereocenters. The maximum absolute atomic E-state index is 12.6. The maximum atomic E-state index is 12.6. The van der Waals surface area contributed by atoms with Crippen LogP contribution < -0.4 is 0 Å². The van der Waals surface area contributed by atoms with Crippen LogP contribution in [-0.4, -0.2) is 32.7 Å². The van der Waals surface area contributed by atoms with Gasteiger partial charge >= 0.3 is 0 Å². The van der Waals surface area contributed by atoms with Gasteiger partial charge in [-0.25, -0.2) is 4.99 Å². The molecule has 1 amide bonds. The van der Waals surface area contributed by atoms with Crippen molar-refractivity contribution in [2.45, 2.75) is 0 Å². The van der Waals surface area contributed by atoms with E-state index < -0.39 is 0 Å². The second-order valence-electron chi connectivity index (χ2n) is 5.32. The van der Waals surface area contributed by atoms with E-state index in [1.807, 2.05) is 0 Å². The highest BCUT2D eigenvalue weighted by molar-refractivity contribution is 8.18. The van der Waals surface area contributed by atoms with Gasteiger partial charge in [0.15, 0.2) is 5.17 Å². The number of nitrogens with zero attached hydrogens (tertiary/aromatic N) is 2. The van der Waals surface area contributed by atoms with E-state index in [-0.39, 0.29) is 17.4 Å². The lowest BCUT2D eigenvalue weighted by Crippen LogP contribution is -2.29. The number of phenolic OH excluding ortho intramolecular Hbond substituents is 2. The molecule has 25 heavy (non-hydrogen) atoms. The number of benzene rings is 2. The van der Waals surface area contributed by atoms with Gasteiger partial charge in [0, 0.05) is 12.6 Å². The molecule has 2 N–H and O–H groups in total. The van der Waals surface area contributed by atoms with Crippen molar-refractivity contribution >= 4 is 34.6 Å². The van der Waals surface area contributed by atoms with E-state index in [0.29, 0.717) is 22.3 Å². The summed E-state index contributed by atoms with van der Waals surface area (Å²) in [6, 6.07) is 13.2. The van der Waals surface area contributed by atoms with Crippen LogP contribution >= 0.6 is 11.8 Å². The van der Waals surface area contributed by atoms with Crippen LogP contribution in [0.5, 0.6) is 11.5 Å². The number of thioether (sulfide) groups is 1. The molecular formula is C19H16N2O3S. The molecule has 0 spiro atoms. The first-order chi connectivity index (χ1) is 12.1. The zero-order valence-electron chi connectivity index (χ0n) is 13.3. The molecule has 0 aliphatic carbocycles. The van der Waals surface area contributed by atoms with E-state index in [1.165, 1.54) is 22.7 Å². The zero-order chi connectivity index (χ0) is 17.8. The topological polar surface area (TPSA) is 73.1 Å². The standard InChI is InChI=1S/C19H16N2O3S/c1-2-10-21-18(24)17(11-13-6-8-15(22)9-7-13)25-19(21)20-14-4-3-5-16(23)12-14/h2-9,11-12,22-23H,1,10H2. The van der Waals surface area contributed by atoms with Gasteiger partial charge in [-0.05, 0) is 47.7 Å². The minimum Gasteiger partial charge on any atom is -0.508 e. The van der Waals surface area contributed by atoms with Crippen LogP contribution in [0.4, 0.5) is 5.69 Å². The summed E-state index contributed by atoms with van der Waals surface area (Å²) in [4.78, 5) is 19.2. The Morgan fingerprint density at radius 2 is 1.88 bits per heavy atom. The lowest BCUT2D eigenvalue weighted by molar-refractivity contribution is -0.121. The Hall–Kier alpha value is -2.99. The van der Waals surface area contributed by atoms with Gasteiger partial charge in [0.1, 0.15) is 11.5 Å². The van der Waals surface area contributed by atoms with E-state index in [9.17, 15) is 15.0 Å². The van der Waals surface area contributed by atoms with Crippen LogP contribution in [0.3, 0.4) is 0 Å². The second-order valence-corrected chi connectivity index (χ2v) is 6.33. The van der Waals surface area contributed by atoms with Gasteiger partial charge in [-0.2, -0.15) is 0 Å². The minimum atomic E-state index is -0.156. The Bertz CT molecular complexity index is 872. The third-order valence-corrected chi connectivity index (χ3v) is 4.45. The molecule has 0 aromatic heterocycles. The molecule has 1 aliphatic heterocycles. The predicted molar refractivity (Wildman–Crippen MR) is 101 cm³/mol. The van der Waals surface area contributed by atoms with Gasteiger partial charge in [0.2, 0.25) is 0 Å². The van der Waals surface area contributed by atoms with E-state index in [0.717, 1.165) is 5.56 Å². The van der Waals surface area contributed by atoms with Crippen LogP contribution in [0, 0.1) is 0 Å². The van der Waals surface area contributed by atoms with Gasteiger partial charge < -0.3 is 10.2 Å². The monoisotopic (exact) mass is 352 g/mol. The fourth-order valence-electron chi connectivity index (χ4n) is 2.28. The first-order valence-corrected chi connectivity index (χ1v) is 8.37. The molecule has 1 aliphatic rings. The van der Waals surface area contributed by atoms with Crippen LogP contribution in [0.1, 0.15) is 5.56 Å². The molecule has 126 valence electrons. The molecular weight excluding hydrogens is 336 g/mol. The van der Waals surface area contributed by atoms with Crippen molar-refractivity contribution in [2.24, 2.45) is 4.99 Å². The van der Waals surface area contributed by atoms with Crippen molar-refractivity contribution in [1.29, 1.82) is 0 Å². The van der Waals surface area contributed by atoms with Gasteiger partial charge in [-0.1, -0.05) is 24.3 Å². The van der Waals surface area contributed by atoms with Crippen LogP contribution in [-0.2, 0) is 4.79 Å². The molecule has 1 fully saturated rings. The summed E-state index contributed by atoms with van der Waals surface area (Å²) in [5, 5.41) is 19.5. The van der Waals surface area contributed by atoms with Crippen molar-refractivity contribution in [3.63, 3.8) is 0 Å². The number of amides is 1. The molecule has 0 unspecified atom stereocenters. The van der Waals surface area contributed by atoms with E-state index in [2.05, 4.69) is 11.6 Å². The SMILES string of the molecule is C=CCN1C(=O)C(=Cc2ccc(O)cc2)SC1=Nc1cccc(O)c1. The molecule has 3 rings (SSSR count). The average molecular weight is 352 g/mol. The van der Waals surface area contributed by atoms with E-state index >= 15 is 0 Å². The average Bonchev–Trinajstić information content (AvgIpc) is 2.86. The largest absolute Gasteiger partial charge is 0.508 e. The summed E-state index contributed by atoms with van der Waals surface area (Å²) < 4.78 is 0. The number of aliphatic imine (C=N–C) groups is 1. The number of phenols is 2. The van der Waals surface area contributed by atoms with Crippen molar-refractivity contribution < 1.29 is 15.0 Å². The Morgan fingerprint density at radius 1 is 1.12 bits per heavy atom. The molecule has 5 nitrogen and oxygen atoms in total. The molecule has 1 heterocycles. The van der Waals surface area contributed by atoms with E-state index in [4.69, 9.17) is 0 Å². The second kappa shape index (κ2) is 7.27. The van der Waals surface area contributed by atoms with Gasteiger partial charge in [0.05, 0.1) is 10.6 Å². The molecule has 0 saturated carbocycles. The molecule has 0 bridgehead atoms. The first-order valence-electron chi connectivity index (χ1n) is 7.56. The van der Waals surface area contributed by atoms with Crippen LogP contribution in [0.15, 0.2) is 71.1 Å². The van der Waals surface area contributed by atoms with Crippen molar-refractivity contribution in [3.8, 4) is 11.5 Å². The highest BCUT2D eigenvalue weighted by Gasteiger charge is 2.32. The first kappa shape index (κ1) is 16.9. The Kier molecular flexibility index (Phi) is 4.90. The summed E-state index contributed by atoms with van der Waals surface area (Å²) in [5.74, 6) is 0.134. The molecule has 0 radical (unpaired) electrons. The summed E-state index contributed by atoms with van der Waals surface area (Å²) in [7, 11) is 0. The maximum Gasteiger partial charge on any atom is 0.267 e. The van der Waals surface area contributed by atoms with Crippen molar-refractivity contribution in [1.82, 2.24) is 4.90 Å². The number of carbonyl (C=O) groups excluding carboxylic acids is 1. The summed E-state index contributed by atoms with van der Waals surface area (Å²) in [6.07, 6.45) is 3.40. The summed E-state index contributed by atoms with van der Waals surface area (Å²) in [6.45, 7) is 4.03. The molecule has 2 aromatic carbocycles. The number of carbonyl (C=O) groups is 1. The highest BCUT2D eigenvalue weighted by atomic mass is 32.2. The minimum absolute atomic E-state index is 0.117. The fourth-order valence-corrected chi connectivity index (χ4v) is 3.28. The summed E-state index contributed by atoms with van der Waals surface area (Å²) in [5.41, 5.74) is 1.38. The number of rotatable bonds is 4. The lowest BCUT2D eigenvalue weighted by Gasteiger charge is -2.12. The number of hydrogen-bond donors (Lipinski definition) is 2. The smallest absolute Gasteiger partial charge is 0.267 e. The fraction of sp³-hybridized carbons (Fsp3) is 0.0526. The molecule has 1 saturated heterocycles. The number of hydrogen-bond acceptors (Lipinski definition) is 5. The van der Waals surface area contributed by atoms with Crippen LogP contribution in [0.2, 0.25) is 0 Å². The third-order valence-electron chi connectivity index (χ3n) is 3.45. The molecule has 2 aromatic rings. The van der Waals surface area contributed by atoms with Gasteiger partial charge in [-0.15, -0.1) is 6.58 Å². The van der Waals surface area contributed by atoms with Crippen molar-refractivity contribution in [2.75, 3.05) is 6.54 Å². The van der Waals surface area contributed by atoms with E-state index in [1.54, 1.807) is 54.6 Å². The quantitative estimate of drug-likeness (QED) is 0.647. The van der Waals surface area contributed by atoms with Gasteiger partial charge in [0.25, 0.3) is 5.91 Å². The molecule has 6 heteroatoms. The predicted octanol–water partition coefficient (Wildman–Crippen LogP) is 3.89. The Balaban J connectivity index is 1.94. The number of amidine groups is 1. The van der Waals surface area contributed by atoms with Crippen molar-refractivity contribution in [3.05, 3.63) is 71.7 Å². The third kappa shape index (κ3) is 3.92. The lowest BCUT2D eigenvalue weighted by atomic mass is 10.2. The zero-order valence-corrected chi connectivity index (χ0v) is 14.1. The highest BCUT2D eigenvalue weighted by Crippen LogP contribution is 2.34. The number of aromatic hydroxyl groups is 2. The Morgan fingerprint density at radius 3 is 2.56 bits per heavy atom.